The van der Waals surface area contributed by atoms with Crippen molar-refractivity contribution in [3.8, 4) is 5.75 Å². The van der Waals surface area contributed by atoms with Crippen molar-refractivity contribution in [2.75, 3.05) is 26.9 Å². The molecule has 0 fully saturated rings. The third-order valence-electron chi connectivity index (χ3n) is 3.23. The number of methoxy groups -OCH3 is 1. The molecule has 1 aromatic carbocycles. The molecule has 2 aromatic rings. The first-order valence-corrected chi connectivity index (χ1v) is 7.23. The standard InChI is InChI=1S/C16H20N2O4/c1-3-22-13-7-4-6-11-14(13)18-10-12(15(11)19)16(20)17-8-5-9-21-2/h4,6-7,10H,3,5,8-9H2,1-2H3,(H,17,20)(H,18,19). The molecule has 6 heteroatoms. The molecule has 2 N–H and O–H groups in total. The van der Waals surface area contributed by atoms with Gasteiger partial charge in [0.2, 0.25) is 5.43 Å². The minimum absolute atomic E-state index is 0.0959. The number of pyridine rings is 1. The van der Waals surface area contributed by atoms with E-state index in [-0.39, 0.29) is 16.9 Å². The van der Waals surface area contributed by atoms with Crippen molar-refractivity contribution in [3.05, 3.63) is 40.2 Å². The summed E-state index contributed by atoms with van der Waals surface area (Å²) in [6.07, 6.45) is 2.13. The van der Waals surface area contributed by atoms with Crippen molar-refractivity contribution in [1.82, 2.24) is 10.3 Å². The van der Waals surface area contributed by atoms with Gasteiger partial charge in [-0.05, 0) is 25.5 Å². The van der Waals surface area contributed by atoms with Gasteiger partial charge < -0.3 is 19.8 Å². The number of nitrogens with one attached hydrogen (secondary N) is 2. The summed E-state index contributed by atoms with van der Waals surface area (Å²) >= 11 is 0. The average molecular weight is 304 g/mol. The van der Waals surface area contributed by atoms with E-state index in [1.807, 2.05) is 6.92 Å². The summed E-state index contributed by atoms with van der Waals surface area (Å²) in [5, 5.41) is 3.15. The Morgan fingerprint density at radius 3 is 2.91 bits per heavy atom. The Kier molecular flexibility index (Phi) is 5.55. The molecule has 0 atom stereocenters. The topological polar surface area (TPSA) is 80.4 Å². The molecule has 2 rings (SSSR count). The lowest BCUT2D eigenvalue weighted by Gasteiger charge is -2.09. The second-order valence-electron chi connectivity index (χ2n) is 4.75. The summed E-state index contributed by atoms with van der Waals surface area (Å²) < 4.78 is 10.4. The van der Waals surface area contributed by atoms with Crippen LogP contribution in [0.5, 0.6) is 5.75 Å². The molecule has 0 radical (unpaired) electrons. The number of amides is 1. The quantitative estimate of drug-likeness (QED) is 0.763. The number of aromatic amines is 1. The molecule has 0 aliphatic heterocycles. The van der Waals surface area contributed by atoms with Gasteiger partial charge in [-0.3, -0.25) is 9.59 Å². The molecule has 0 spiro atoms. The maximum atomic E-state index is 12.5. The molecule has 0 aliphatic rings. The lowest BCUT2D eigenvalue weighted by Crippen LogP contribution is -2.30. The van der Waals surface area contributed by atoms with E-state index >= 15 is 0 Å². The minimum Gasteiger partial charge on any atom is -0.492 e. The molecule has 118 valence electrons. The van der Waals surface area contributed by atoms with Crippen molar-refractivity contribution < 1.29 is 14.3 Å². The van der Waals surface area contributed by atoms with Crippen LogP contribution < -0.4 is 15.5 Å². The van der Waals surface area contributed by atoms with Gasteiger partial charge in [-0.15, -0.1) is 0 Å². The Bertz CT molecular complexity index is 709. The molecule has 6 nitrogen and oxygen atoms in total. The summed E-state index contributed by atoms with van der Waals surface area (Å²) in [5.41, 5.74) is 0.392. The number of rotatable bonds is 7. The van der Waals surface area contributed by atoms with Crippen molar-refractivity contribution >= 4 is 16.8 Å². The van der Waals surface area contributed by atoms with Gasteiger partial charge in [-0.2, -0.15) is 0 Å². The fourth-order valence-electron chi connectivity index (χ4n) is 2.18. The van der Waals surface area contributed by atoms with Gasteiger partial charge in [0.05, 0.1) is 17.5 Å². The number of para-hydroxylation sites is 1. The fourth-order valence-corrected chi connectivity index (χ4v) is 2.18. The summed E-state index contributed by atoms with van der Waals surface area (Å²) in [6.45, 7) is 3.40. The number of fused-ring (bicyclic) bond motifs is 1. The average Bonchev–Trinajstić information content (AvgIpc) is 2.53. The largest absolute Gasteiger partial charge is 0.492 e. The molecule has 1 amide bonds. The van der Waals surface area contributed by atoms with Gasteiger partial charge in [-0.1, -0.05) is 6.07 Å². The number of benzene rings is 1. The fraction of sp³-hybridized carbons (Fsp3) is 0.375. The van der Waals surface area contributed by atoms with Gasteiger partial charge in [0.1, 0.15) is 11.3 Å². The molecule has 0 unspecified atom stereocenters. The van der Waals surface area contributed by atoms with Crippen LogP contribution in [-0.4, -0.2) is 37.8 Å². The second kappa shape index (κ2) is 7.61. The first kappa shape index (κ1) is 16.0. The Morgan fingerprint density at radius 1 is 1.36 bits per heavy atom. The number of carbonyl (C=O) groups excluding carboxylic acids is 1. The molecule has 0 aliphatic carbocycles. The van der Waals surface area contributed by atoms with Gasteiger partial charge in [-0.25, -0.2) is 0 Å². The maximum absolute atomic E-state index is 12.5. The Hall–Kier alpha value is -2.34. The van der Waals surface area contributed by atoms with Gasteiger partial charge in [0.15, 0.2) is 0 Å². The zero-order valence-electron chi connectivity index (χ0n) is 12.8. The lowest BCUT2D eigenvalue weighted by atomic mass is 10.1. The van der Waals surface area contributed by atoms with Crippen LogP contribution in [0, 0.1) is 0 Å². The molecule has 1 heterocycles. The predicted molar refractivity (Wildman–Crippen MR) is 84.6 cm³/mol. The van der Waals surface area contributed by atoms with Gasteiger partial charge >= 0.3 is 0 Å². The van der Waals surface area contributed by atoms with E-state index in [2.05, 4.69) is 10.3 Å². The number of aromatic nitrogens is 1. The third kappa shape index (κ3) is 3.46. The molecule has 0 saturated carbocycles. The van der Waals surface area contributed by atoms with Crippen LogP contribution >= 0.6 is 0 Å². The first-order valence-electron chi connectivity index (χ1n) is 7.23. The van der Waals surface area contributed by atoms with Crippen LogP contribution in [0.4, 0.5) is 0 Å². The van der Waals surface area contributed by atoms with Crippen LogP contribution in [-0.2, 0) is 4.74 Å². The Balaban J connectivity index is 2.27. The van der Waals surface area contributed by atoms with Gasteiger partial charge in [0.25, 0.3) is 5.91 Å². The van der Waals surface area contributed by atoms with E-state index in [0.717, 1.165) is 0 Å². The highest BCUT2D eigenvalue weighted by atomic mass is 16.5. The number of hydrogen-bond donors (Lipinski definition) is 2. The van der Waals surface area contributed by atoms with Crippen LogP contribution in [0.25, 0.3) is 10.9 Å². The predicted octanol–water partition coefficient (Wildman–Crippen LogP) is 1.69. The van der Waals surface area contributed by atoms with Crippen LogP contribution in [0.15, 0.2) is 29.2 Å². The number of ether oxygens (including phenoxy) is 2. The first-order chi connectivity index (χ1) is 10.7. The lowest BCUT2D eigenvalue weighted by molar-refractivity contribution is 0.0947. The molecule has 0 bridgehead atoms. The van der Waals surface area contributed by atoms with Gasteiger partial charge in [0, 0.05) is 26.5 Å². The molecule has 1 aromatic heterocycles. The van der Waals surface area contributed by atoms with E-state index in [4.69, 9.17) is 9.47 Å². The zero-order chi connectivity index (χ0) is 15.9. The van der Waals surface area contributed by atoms with Crippen molar-refractivity contribution in [2.45, 2.75) is 13.3 Å². The van der Waals surface area contributed by atoms with Crippen molar-refractivity contribution in [2.24, 2.45) is 0 Å². The normalized spacial score (nSPS) is 10.6. The minimum atomic E-state index is -0.388. The van der Waals surface area contributed by atoms with Crippen LogP contribution in [0.2, 0.25) is 0 Å². The zero-order valence-corrected chi connectivity index (χ0v) is 12.8. The summed E-state index contributed by atoms with van der Waals surface area (Å²) in [7, 11) is 1.60. The Morgan fingerprint density at radius 2 is 2.18 bits per heavy atom. The molecule has 22 heavy (non-hydrogen) atoms. The smallest absolute Gasteiger partial charge is 0.256 e. The van der Waals surface area contributed by atoms with E-state index in [1.54, 1.807) is 25.3 Å². The third-order valence-corrected chi connectivity index (χ3v) is 3.23. The van der Waals surface area contributed by atoms with E-state index in [9.17, 15) is 9.59 Å². The number of H-pyrrole nitrogens is 1. The second-order valence-corrected chi connectivity index (χ2v) is 4.75. The molecular formula is C16H20N2O4. The van der Waals surface area contributed by atoms with Crippen molar-refractivity contribution in [3.63, 3.8) is 0 Å². The number of carbonyl (C=O) groups is 1. The summed E-state index contributed by atoms with van der Waals surface area (Å²) in [4.78, 5) is 27.5. The highest BCUT2D eigenvalue weighted by molar-refractivity contribution is 5.97. The number of hydrogen-bond acceptors (Lipinski definition) is 4. The SMILES string of the molecule is CCOc1cccc2c(=O)c(C(=O)NCCCOC)c[nH]c12. The Labute approximate surface area is 128 Å². The highest BCUT2D eigenvalue weighted by Gasteiger charge is 2.14. The highest BCUT2D eigenvalue weighted by Crippen LogP contribution is 2.21. The summed E-state index contributed by atoms with van der Waals surface area (Å²) in [5.74, 6) is 0.213. The van der Waals surface area contributed by atoms with Crippen molar-refractivity contribution in [1.29, 1.82) is 0 Å². The molecule has 0 saturated heterocycles. The van der Waals surface area contributed by atoms with E-state index < -0.39 is 0 Å². The maximum Gasteiger partial charge on any atom is 0.256 e. The van der Waals surface area contributed by atoms with Crippen LogP contribution in [0.3, 0.4) is 0 Å². The molecular weight excluding hydrogens is 284 g/mol. The van der Waals surface area contributed by atoms with E-state index in [1.165, 1.54) is 6.20 Å². The van der Waals surface area contributed by atoms with Crippen LogP contribution in [0.1, 0.15) is 23.7 Å². The monoisotopic (exact) mass is 304 g/mol. The van der Waals surface area contributed by atoms with E-state index in [0.29, 0.717) is 42.8 Å². The summed E-state index contributed by atoms with van der Waals surface area (Å²) in [6, 6.07) is 5.20.